The Labute approximate surface area is 128 Å². The molecule has 1 N–H and O–H groups in total. The molecule has 2 rings (SSSR count). The highest BCUT2D eigenvalue weighted by atomic mass is 35.5. The van der Waals surface area contributed by atoms with Crippen molar-refractivity contribution in [3.8, 4) is 0 Å². The molecule has 0 saturated heterocycles. The Morgan fingerprint density at radius 1 is 1.35 bits per heavy atom. The first-order valence-corrected chi connectivity index (χ1v) is 7.95. The first-order valence-electron chi connectivity index (χ1n) is 6.76. The highest BCUT2D eigenvalue weighted by molar-refractivity contribution is 7.12. The quantitative estimate of drug-likeness (QED) is 0.814. The van der Waals surface area contributed by atoms with Crippen LogP contribution in [0.25, 0.3) is 0 Å². The minimum atomic E-state index is -0.231. The maximum absolute atomic E-state index is 13.9. The maximum atomic E-state index is 13.9. The van der Waals surface area contributed by atoms with Crippen molar-refractivity contribution in [3.05, 3.63) is 56.0 Å². The third-order valence-electron chi connectivity index (χ3n) is 3.45. The van der Waals surface area contributed by atoms with Crippen molar-refractivity contribution in [2.24, 2.45) is 0 Å². The largest absolute Gasteiger partial charge is 0.309 e. The summed E-state index contributed by atoms with van der Waals surface area (Å²) in [5, 5.41) is 3.93. The van der Waals surface area contributed by atoms with Gasteiger partial charge >= 0.3 is 0 Å². The Hall–Kier alpha value is -0.900. The molecule has 4 heteroatoms. The van der Waals surface area contributed by atoms with E-state index in [9.17, 15) is 4.39 Å². The van der Waals surface area contributed by atoms with Crippen molar-refractivity contribution in [1.82, 2.24) is 5.32 Å². The van der Waals surface area contributed by atoms with Crippen molar-refractivity contribution < 1.29 is 4.39 Å². The predicted octanol–water partition coefficient (Wildman–Crippen LogP) is 5.05. The van der Waals surface area contributed by atoms with Gasteiger partial charge in [-0.15, -0.1) is 11.3 Å². The molecule has 108 valence electrons. The van der Waals surface area contributed by atoms with Crippen LogP contribution < -0.4 is 5.32 Å². The van der Waals surface area contributed by atoms with Crippen molar-refractivity contribution in [2.45, 2.75) is 33.2 Å². The van der Waals surface area contributed by atoms with Crippen molar-refractivity contribution in [3.63, 3.8) is 0 Å². The summed E-state index contributed by atoms with van der Waals surface area (Å²) in [7, 11) is 0. The smallest absolute Gasteiger partial charge is 0.127 e. The van der Waals surface area contributed by atoms with Gasteiger partial charge < -0.3 is 5.32 Å². The minimum Gasteiger partial charge on any atom is -0.309 e. The van der Waals surface area contributed by atoms with Crippen LogP contribution in [0, 0.1) is 19.7 Å². The Bertz CT molecular complexity index is 554. The van der Waals surface area contributed by atoms with Crippen LogP contribution in [0.3, 0.4) is 0 Å². The van der Waals surface area contributed by atoms with Crippen LogP contribution in [0.4, 0.5) is 4.39 Å². The van der Waals surface area contributed by atoms with Gasteiger partial charge in [0.05, 0.1) is 0 Å². The van der Waals surface area contributed by atoms with E-state index in [1.165, 1.54) is 21.4 Å². The summed E-state index contributed by atoms with van der Waals surface area (Å²) in [5.74, 6) is -0.231. The zero-order chi connectivity index (χ0) is 14.7. The second-order valence-electron chi connectivity index (χ2n) is 4.90. The van der Waals surface area contributed by atoms with E-state index in [2.05, 4.69) is 32.2 Å². The van der Waals surface area contributed by atoms with E-state index in [0.717, 1.165) is 6.54 Å². The van der Waals surface area contributed by atoms with Gasteiger partial charge in [-0.05, 0) is 50.6 Å². The van der Waals surface area contributed by atoms with Crippen LogP contribution in [0.1, 0.15) is 33.8 Å². The van der Waals surface area contributed by atoms with Gasteiger partial charge in [0.25, 0.3) is 0 Å². The lowest BCUT2D eigenvalue weighted by molar-refractivity contribution is 0.534. The monoisotopic (exact) mass is 311 g/mol. The number of benzene rings is 1. The number of hydrogen-bond acceptors (Lipinski definition) is 2. The van der Waals surface area contributed by atoms with Gasteiger partial charge in [-0.25, -0.2) is 4.39 Å². The molecule has 1 unspecified atom stereocenters. The lowest BCUT2D eigenvalue weighted by atomic mass is 10.0. The van der Waals surface area contributed by atoms with E-state index in [4.69, 9.17) is 11.6 Å². The van der Waals surface area contributed by atoms with Crippen LogP contribution in [0.2, 0.25) is 5.02 Å². The van der Waals surface area contributed by atoms with Crippen molar-refractivity contribution >= 4 is 22.9 Å². The second kappa shape index (κ2) is 6.70. The summed E-state index contributed by atoms with van der Waals surface area (Å²) < 4.78 is 13.9. The summed E-state index contributed by atoms with van der Waals surface area (Å²) in [6.07, 6.45) is 0.568. The van der Waals surface area contributed by atoms with Crippen LogP contribution >= 0.6 is 22.9 Å². The molecule has 0 amide bonds. The number of aryl methyl sites for hydroxylation is 2. The first kappa shape index (κ1) is 15.5. The van der Waals surface area contributed by atoms with Gasteiger partial charge in [0.1, 0.15) is 5.82 Å². The fraction of sp³-hybridized carbons (Fsp3) is 0.375. The molecule has 0 radical (unpaired) electrons. The maximum Gasteiger partial charge on any atom is 0.127 e. The number of hydrogen-bond donors (Lipinski definition) is 1. The van der Waals surface area contributed by atoms with E-state index < -0.39 is 0 Å². The standard InChI is InChI=1S/C16H19ClFNS/c1-4-19-15(16-8-10(2)11(3)20-16)9-12-13(17)6-5-7-14(12)18/h5-8,15,19H,4,9H2,1-3H3. The zero-order valence-corrected chi connectivity index (χ0v) is 13.5. The normalized spacial score (nSPS) is 12.7. The lowest BCUT2D eigenvalue weighted by Crippen LogP contribution is -2.22. The molecule has 1 heterocycles. The van der Waals surface area contributed by atoms with Gasteiger partial charge in [0.2, 0.25) is 0 Å². The SMILES string of the molecule is CCNC(Cc1c(F)cccc1Cl)c1cc(C)c(C)s1. The van der Waals surface area contributed by atoms with E-state index in [1.807, 2.05) is 0 Å². The van der Waals surface area contributed by atoms with Crippen LogP contribution in [-0.2, 0) is 6.42 Å². The van der Waals surface area contributed by atoms with Crippen LogP contribution in [-0.4, -0.2) is 6.54 Å². The molecule has 20 heavy (non-hydrogen) atoms. The molecule has 0 spiro atoms. The molecule has 2 aromatic rings. The van der Waals surface area contributed by atoms with E-state index >= 15 is 0 Å². The molecular weight excluding hydrogens is 293 g/mol. The Balaban J connectivity index is 2.30. The van der Waals surface area contributed by atoms with Gasteiger partial charge in [-0.1, -0.05) is 24.6 Å². The molecule has 0 aliphatic rings. The van der Waals surface area contributed by atoms with E-state index in [0.29, 0.717) is 17.0 Å². The Kier molecular flexibility index (Phi) is 5.19. The number of halogens is 2. The summed E-state index contributed by atoms with van der Waals surface area (Å²) in [4.78, 5) is 2.55. The summed E-state index contributed by atoms with van der Waals surface area (Å²) in [6.45, 7) is 7.12. The highest BCUT2D eigenvalue weighted by Gasteiger charge is 2.18. The number of thiophene rings is 1. The fourth-order valence-electron chi connectivity index (χ4n) is 2.22. The first-order chi connectivity index (χ1) is 9.52. The Morgan fingerprint density at radius 3 is 2.65 bits per heavy atom. The molecule has 1 aromatic carbocycles. The highest BCUT2D eigenvalue weighted by Crippen LogP contribution is 2.31. The molecule has 0 fully saturated rings. The number of likely N-dealkylation sites (N-methyl/N-ethyl adjacent to an activating group) is 1. The average molecular weight is 312 g/mol. The molecule has 1 nitrogen and oxygen atoms in total. The van der Waals surface area contributed by atoms with Gasteiger partial charge in [0.15, 0.2) is 0 Å². The zero-order valence-electron chi connectivity index (χ0n) is 12.0. The average Bonchev–Trinajstić information content (AvgIpc) is 2.73. The van der Waals surface area contributed by atoms with Crippen LogP contribution in [0.15, 0.2) is 24.3 Å². The number of rotatable bonds is 5. The summed E-state index contributed by atoms with van der Waals surface area (Å²) in [5.41, 5.74) is 1.87. The van der Waals surface area contributed by atoms with E-state index in [1.54, 1.807) is 23.5 Å². The van der Waals surface area contributed by atoms with E-state index in [-0.39, 0.29) is 11.9 Å². The van der Waals surface area contributed by atoms with Crippen molar-refractivity contribution in [1.29, 1.82) is 0 Å². The lowest BCUT2D eigenvalue weighted by Gasteiger charge is -2.17. The molecule has 0 bridgehead atoms. The molecule has 0 saturated carbocycles. The van der Waals surface area contributed by atoms with Gasteiger partial charge in [-0.3, -0.25) is 0 Å². The fourth-order valence-corrected chi connectivity index (χ4v) is 3.58. The topological polar surface area (TPSA) is 12.0 Å². The van der Waals surface area contributed by atoms with Gasteiger partial charge in [0, 0.05) is 26.4 Å². The summed E-state index contributed by atoms with van der Waals surface area (Å²) in [6, 6.07) is 7.14. The van der Waals surface area contributed by atoms with Crippen LogP contribution in [0.5, 0.6) is 0 Å². The third kappa shape index (κ3) is 3.40. The molecule has 0 aliphatic carbocycles. The molecule has 0 aliphatic heterocycles. The minimum absolute atomic E-state index is 0.104. The second-order valence-corrected chi connectivity index (χ2v) is 6.60. The molecule has 1 atom stereocenters. The summed E-state index contributed by atoms with van der Waals surface area (Å²) >= 11 is 7.90. The Morgan fingerprint density at radius 2 is 2.10 bits per heavy atom. The predicted molar refractivity (Wildman–Crippen MR) is 85.3 cm³/mol. The number of nitrogens with one attached hydrogen (secondary N) is 1. The molecule has 1 aromatic heterocycles. The van der Waals surface area contributed by atoms with Gasteiger partial charge in [-0.2, -0.15) is 0 Å². The molecular formula is C16H19ClFNS. The third-order valence-corrected chi connectivity index (χ3v) is 5.07. The van der Waals surface area contributed by atoms with Crippen molar-refractivity contribution in [2.75, 3.05) is 6.54 Å².